The van der Waals surface area contributed by atoms with Gasteiger partial charge in [-0.1, -0.05) is 18.2 Å². The van der Waals surface area contributed by atoms with Crippen LogP contribution in [0.25, 0.3) is 0 Å². The van der Waals surface area contributed by atoms with Crippen molar-refractivity contribution in [3.05, 3.63) is 42.0 Å². The summed E-state index contributed by atoms with van der Waals surface area (Å²) in [6.45, 7) is 0.581. The Labute approximate surface area is 87.6 Å². The molecule has 1 N–H and O–H groups in total. The first-order chi connectivity index (χ1) is 7.27. The maximum Gasteiger partial charge on any atom is 0.372 e. The van der Waals surface area contributed by atoms with Crippen molar-refractivity contribution in [2.24, 2.45) is 0 Å². The minimum Gasteiger partial charge on any atom is -0.475 e. The molecule has 0 bridgehead atoms. The zero-order chi connectivity index (χ0) is 10.7. The summed E-state index contributed by atoms with van der Waals surface area (Å²) in [5.74, 6) is -0.893. The summed E-state index contributed by atoms with van der Waals surface area (Å²) < 4.78 is 1.64. The standard InChI is InChI=1S/C11H12N2O2/c14-11(15)10-12-6-7-13(10)8-9-4-2-1-3-5-9/h2,4-7H,1,3,8H2,(H,14,15). The van der Waals surface area contributed by atoms with Crippen LogP contribution in [-0.2, 0) is 6.54 Å². The Hall–Kier alpha value is -1.84. The second kappa shape index (κ2) is 4.13. The van der Waals surface area contributed by atoms with Crippen LogP contribution in [-0.4, -0.2) is 20.6 Å². The Bertz CT molecular complexity index is 430. The van der Waals surface area contributed by atoms with Crippen molar-refractivity contribution in [3.8, 4) is 0 Å². The maximum atomic E-state index is 10.8. The van der Waals surface area contributed by atoms with Crippen molar-refractivity contribution < 1.29 is 9.90 Å². The fourth-order valence-electron chi connectivity index (χ4n) is 1.62. The van der Waals surface area contributed by atoms with Gasteiger partial charge in [0.25, 0.3) is 0 Å². The predicted molar refractivity (Wildman–Crippen MR) is 55.6 cm³/mol. The zero-order valence-electron chi connectivity index (χ0n) is 8.26. The Morgan fingerprint density at radius 1 is 1.53 bits per heavy atom. The van der Waals surface area contributed by atoms with E-state index in [2.05, 4.69) is 17.1 Å². The Morgan fingerprint density at radius 2 is 2.40 bits per heavy atom. The van der Waals surface area contributed by atoms with Gasteiger partial charge in [0.05, 0.1) is 0 Å². The van der Waals surface area contributed by atoms with Gasteiger partial charge in [-0.3, -0.25) is 0 Å². The first-order valence-corrected chi connectivity index (χ1v) is 4.87. The third kappa shape index (κ3) is 2.15. The van der Waals surface area contributed by atoms with E-state index < -0.39 is 5.97 Å². The molecule has 1 heterocycles. The molecule has 1 aromatic rings. The summed E-state index contributed by atoms with van der Waals surface area (Å²) in [4.78, 5) is 14.6. The number of rotatable bonds is 3. The predicted octanol–water partition coefficient (Wildman–Crippen LogP) is 1.86. The van der Waals surface area contributed by atoms with Gasteiger partial charge in [0, 0.05) is 18.9 Å². The third-order valence-electron chi connectivity index (χ3n) is 2.33. The van der Waals surface area contributed by atoms with Crippen LogP contribution >= 0.6 is 0 Å². The van der Waals surface area contributed by atoms with Crippen LogP contribution in [0.1, 0.15) is 23.5 Å². The minimum absolute atomic E-state index is 0.0925. The van der Waals surface area contributed by atoms with Crippen molar-refractivity contribution in [2.45, 2.75) is 19.4 Å². The molecule has 1 aliphatic carbocycles. The molecule has 0 unspecified atom stereocenters. The summed E-state index contributed by atoms with van der Waals surface area (Å²) in [5.41, 5.74) is 1.14. The van der Waals surface area contributed by atoms with E-state index in [1.54, 1.807) is 10.8 Å². The lowest BCUT2D eigenvalue weighted by Crippen LogP contribution is -2.10. The van der Waals surface area contributed by atoms with Crippen molar-refractivity contribution >= 4 is 5.97 Å². The number of carboxylic acids is 1. The Morgan fingerprint density at radius 3 is 3.07 bits per heavy atom. The number of carboxylic acid groups (broad SMARTS) is 1. The highest BCUT2D eigenvalue weighted by atomic mass is 16.4. The van der Waals surface area contributed by atoms with Gasteiger partial charge in [-0.15, -0.1) is 0 Å². The third-order valence-corrected chi connectivity index (χ3v) is 2.33. The summed E-state index contributed by atoms with van der Waals surface area (Å²) in [6.07, 6.45) is 11.6. The normalized spacial score (nSPS) is 15.1. The highest BCUT2D eigenvalue weighted by Crippen LogP contribution is 2.12. The number of nitrogens with zero attached hydrogens (tertiary/aromatic N) is 2. The van der Waals surface area contributed by atoms with E-state index >= 15 is 0 Å². The summed E-state index contributed by atoms with van der Waals surface area (Å²) >= 11 is 0. The van der Waals surface area contributed by atoms with Gasteiger partial charge in [0.2, 0.25) is 5.82 Å². The molecule has 0 aromatic carbocycles. The number of aromatic carboxylic acids is 1. The lowest BCUT2D eigenvalue weighted by molar-refractivity contribution is 0.0679. The number of imidazole rings is 1. The number of aromatic nitrogens is 2. The molecule has 1 aliphatic rings. The van der Waals surface area contributed by atoms with Crippen LogP contribution in [0.2, 0.25) is 0 Å². The van der Waals surface area contributed by atoms with Crippen LogP contribution in [0, 0.1) is 0 Å². The van der Waals surface area contributed by atoms with Crippen molar-refractivity contribution in [1.82, 2.24) is 9.55 Å². The first-order valence-electron chi connectivity index (χ1n) is 4.87. The van der Waals surface area contributed by atoms with Gasteiger partial charge in [-0.05, 0) is 18.4 Å². The minimum atomic E-state index is -0.986. The number of hydrogen-bond donors (Lipinski definition) is 1. The molecule has 15 heavy (non-hydrogen) atoms. The molecule has 1 aromatic heterocycles. The molecule has 0 aliphatic heterocycles. The molecule has 0 fully saturated rings. The smallest absolute Gasteiger partial charge is 0.372 e. The van der Waals surface area contributed by atoms with Crippen LogP contribution in [0.4, 0.5) is 0 Å². The lowest BCUT2D eigenvalue weighted by Gasteiger charge is -2.08. The van der Waals surface area contributed by atoms with E-state index in [9.17, 15) is 4.79 Å². The van der Waals surface area contributed by atoms with E-state index in [0.717, 1.165) is 18.4 Å². The Kier molecular flexibility index (Phi) is 2.67. The van der Waals surface area contributed by atoms with Gasteiger partial charge < -0.3 is 9.67 Å². The molecule has 0 radical (unpaired) electrons. The van der Waals surface area contributed by atoms with Gasteiger partial charge in [0.1, 0.15) is 0 Å². The maximum absolute atomic E-state index is 10.8. The molecule has 4 nitrogen and oxygen atoms in total. The van der Waals surface area contributed by atoms with Gasteiger partial charge >= 0.3 is 5.97 Å². The van der Waals surface area contributed by atoms with Crippen LogP contribution in [0.3, 0.4) is 0 Å². The van der Waals surface area contributed by atoms with Gasteiger partial charge in [-0.25, -0.2) is 9.78 Å². The van der Waals surface area contributed by atoms with Crippen LogP contribution < -0.4 is 0 Å². The van der Waals surface area contributed by atoms with E-state index in [4.69, 9.17) is 5.11 Å². The van der Waals surface area contributed by atoms with Crippen molar-refractivity contribution in [1.29, 1.82) is 0 Å². The van der Waals surface area contributed by atoms with Crippen molar-refractivity contribution in [2.75, 3.05) is 0 Å². The van der Waals surface area contributed by atoms with Gasteiger partial charge in [0.15, 0.2) is 0 Å². The van der Waals surface area contributed by atoms with E-state index in [1.165, 1.54) is 6.20 Å². The van der Waals surface area contributed by atoms with Crippen molar-refractivity contribution in [3.63, 3.8) is 0 Å². The SMILES string of the molecule is O=C(O)c1nccn1CC1=CCCC=C1. The molecule has 0 spiro atoms. The number of carbonyl (C=O) groups is 1. The molecule has 4 heteroatoms. The quantitative estimate of drug-likeness (QED) is 0.817. The Balaban J connectivity index is 2.17. The highest BCUT2D eigenvalue weighted by Gasteiger charge is 2.11. The largest absolute Gasteiger partial charge is 0.475 e. The lowest BCUT2D eigenvalue weighted by atomic mass is 10.1. The zero-order valence-corrected chi connectivity index (χ0v) is 8.26. The molecule has 0 atom stereocenters. The number of hydrogen-bond acceptors (Lipinski definition) is 2. The molecule has 2 rings (SSSR count). The summed E-state index contributed by atoms with van der Waals surface area (Å²) in [5, 5.41) is 8.86. The molecule has 0 saturated carbocycles. The molecular formula is C11H12N2O2. The number of allylic oxidation sites excluding steroid dienone is 4. The topological polar surface area (TPSA) is 55.1 Å². The molecule has 0 amide bonds. The van der Waals surface area contributed by atoms with E-state index in [0.29, 0.717) is 6.54 Å². The fraction of sp³-hybridized carbons (Fsp3) is 0.273. The average Bonchev–Trinajstić information content (AvgIpc) is 2.67. The molecule has 0 saturated heterocycles. The second-order valence-corrected chi connectivity index (χ2v) is 3.44. The van der Waals surface area contributed by atoms with Crippen LogP contribution in [0.5, 0.6) is 0 Å². The second-order valence-electron chi connectivity index (χ2n) is 3.44. The monoisotopic (exact) mass is 204 g/mol. The summed E-state index contributed by atoms with van der Waals surface area (Å²) in [6, 6.07) is 0. The molecular weight excluding hydrogens is 192 g/mol. The van der Waals surface area contributed by atoms with E-state index in [-0.39, 0.29) is 5.82 Å². The van der Waals surface area contributed by atoms with Crippen LogP contribution in [0.15, 0.2) is 36.2 Å². The molecule has 78 valence electrons. The average molecular weight is 204 g/mol. The summed E-state index contributed by atoms with van der Waals surface area (Å²) in [7, 11) is 0. The van der Waals surface area contributed by atoms with Gasteiger partial charge in [-0.2, -0.15) is 0 Å². The first kappa shape index (κ1) is 9.71. The highest BCUT2D eigenvalue weighted by molar-refractivity contribution is 5.83. The van der Waals surface area contributed by atoms with E-state index in [1.807, 2.05) is 6.08 Å². The fourth-order valence-corrected chi connectivity index (χ4v) is 1.62.